The highest BCUT2D eigenvalue weighted by Crippen LogP contribution is 2.41. The molecular formula is C26H27BrN6O4S. The van der Waals surface area contributed by atoms with E-state index in [0.29, 0.717) is 17.8 Å². The summed E-state index contributed by atoms with van der Waals surface area (Å²) in [7, 11) is 0. The molecule has 2 aliphatic rings. The summed E-state index contributed by atoms with van der Waals surface area (Å²) in [5.41, 5.74) is 2.51. The Labute approximate surface area is 232 Å². The summed E-state index contributed by atoms with van der Waals surface area (Å²) >= 11 is 4.95. The van der Waals surface area contributed by atoms with Crippen LogP contribution < -0.4 is 0 Å². The molecule has 1 fully saturated rings. The number of benzene rings is 1. The predicted molar refractivity (Wildman–Crippen MR) is 149 cm³/mol. The van der Waals surface area contributed by atoms with E-state index in [1.807, 2.05) is 40.4 Å². The van der Waals surface area contributed by atoms with Crippen molar-refractivity contribution in [2.75, 3.05) is 13.2 Å². The molecule has 10 nitrogen and oxygen atoms in total. The van der Waals surface area contributed by atoms with E-state index in [9.17, 15) is 9.90 Å². The number of oxime groups is 1. The monoisotopic (exact) mass is 598 g/mol. The van der Waals surface area contributed by atoms with Gasteiger partial charge in [0.15, 0.2) is 17.7 Å². The predicted octanol–water partition coefficient (Wildman–Crippen LogP) is 6.25. The molecule has 1 saturated heterocycles. The molecule has 198 valence electrons. The number of halogens is 1. The number of likely N-dealkylation sites (tertiary alicyclic amines) is 1. The van der Waals surface area contributed by atoms with Gasteiger partial charge in [-0.05, 0) is 49.6 Å². The Kier molecular flexibility index (Phi) is 8.40. The second-order valence-electron chi connectivity index (χ2n) is 8.99. The number of hydrogen-bond acceptors (Lipinski definition) is 9. The van der Waals surface area contributed by atoms with Crippen LogP contribution in [0, 0.1) is 0 Å². The number of carbonyl (C=O) groups is 1. The summed E-state index contributed by atoms with van der Waals surface area (Å²) in [6, 6.07) is 9.93. The van der Waals surface area contributed by atoms with Gasteiger partial charge in [-0.25, -0.2) is 0 Å². The lowest BCUT2D eigenvalue weighted by Gasteiger charge is -2.36. The third-order valence-corrected chi connectivity index (χ3v) is 7.90. The molecule has 0 spiro atoms. The average molecular weight is 600 g/mol. The molecule has 0 aliphatic carbocycles. The van der Waals surface area contributed by atoms with E-state index in [4.69, 9.17) is 9.57 Å². The Morgan fingerprint density at radius 2 is 2.24 bits per heavy atom. The van der Waals surface area contributed by atoms with Gasteiger partial charge in [0.1, 0.15) is 5.71 Å². The molecule has 2 aliphatic heterocycles. The van der Waals surface area contributed by atoms with Crippen LogP contribution in [0.3, 0.4) is 0 Å². The summed E-state index contributed by atoms with van der Waals surface area (Å²) in [5.74, 6) is -0.675. The van der Waals surface area contributed by atoms with Gasteiger partial charge in [0.2, 0.25) is 5.88 Å². The number of hydrogen-bond donors (Lipinski definition) is 1. The quantitative estimate of drug-likeness (QED) is 0.185. The van der Waals surface area contributed by atoms with Crippen molar-refractivity contribution in [2.24, 2.45) is 15.4 Å². The molecule has 1 N–H and O–H groups in total. The minimum absolute atomic E-state index is 0.0529. The Bertz CT molecular complexity index is 1390. The number of pyridine rings is 1. The average Bonchev–Trinajstić information content (AvgIpc) is 3.56. The molecule has 0 saturated carbocycles. The number of aromatic nitrogens is 2. The van der Waals surface area contributed by atoms with Gasteiger partial charge < -0.3 is 14.7 Å². The fourth-order valence-electron chi connectivity index (χ4n) is 4.63. The van der Waals surface area contributed by atoms with Crippen LogP contribution in [-0.2, 0) is 21.0 Å². The van der Waals surface area contributed by atoms with Crippen LogP contribution in [0.5, 0.6) is 5.88 Å². The van der Waals surface area contributed by atoms with Crippen LogP contribution in [0.4, 0.5) is 5.69 Å². The summed E-state index contributed by atoms with van der Waals surface area (Å²) < 4.78 is 7.97. The number of fused-ring (bicyclic) bond motifs is 1. The van der Waals surface area contributed by atoms with Gasteiger partial charge >= 0.3 is 5.91 Å². The summed E-state index contributed by atoms with van der Waals surface area (Å²) in [6.45, 7) is 2.72. The molecule has 0 radical (unpaired) electrons. The fraction of sp³-hybridized carbons (Fsp3) is 0.346. The number of nitrogens with zero attached hydrogens (tertiary/aromatic N) is 6. The van der Waals surface area contributed by atoms with Crippen LogP contribution in [-0.4, -0.2) is 49.8 Å². The van der Waals surface area contributed by atoms with Crippen molar-refractivity contribution in [1.29, 1.82) is 0 Å². The molecule has 3 aromatic rings. The smallest absolute Gasteiger partial charge is 0.304 e. The summed E-state index contributed by atoms with van der Waals surface area (Å²) in [6.07, 6.45) is 8.49. The number of amides is 1. The lowest BCUT2D eigenvalue weighted by Crippen LogP contribution is -2.34. The van der Waals surface area contributed by atoms with Crippen molar-refractivity contribution in [2.45, 2.75) is 44.3 Å². The topological polar surface area (TPSA) is 114 Å². The van der Waals surface area contributed by atoms with Crippen molar-refractivity contribution in [1.82, 2.24) is 14.5 Å². The van der Waals surface area contributed by atoms with Crippen molar-refractivity contribution < 1.29 is 19.5 Å². The van der Waals surface area contributed by atoms with Crippen LogP contribution >= 0.6 is 27.7 Å². The van der Waals surface area contributed by atoms with E-state index >= 15 is 0 Å². The molecule has 0 bridgehead atoms. The van der Waals surface area contributed by atoms with Crippen molar-refractivity contribution in [3.63, 3.8) is 0 Å². The van der Waals surface area contributed by atoms with Crippen molar-refractivity contribution in [3.05, 3.63) is 64.4 Å². The molecule has 1 amide bonds. The molecule has 12 heteroatoms. The van der Waals surface area contributed by atoms with E-state index in [1.165, 1.54) is 11.8 Å². The zero-order valence-electron chi connectivity index (χ0n) is 20.7. The maximum absolute atomic E-state index is 12.3. The van der Waals surface area contributed by atoms with Crippen LogP contribution in [0.2, 0.25) is 0 Å². The highest BCUT2D eigenvalue weighted by atomic mass is 79.9. The summed E-state index contributed by atoms with van der Waals surface area (Å²) in [5, 5.41) is 25.6. The summed E-state index contributed by atoms with van der Waals surface area (Å²) in [4.78, 5) is 24.1. The Hall–Kier alpha value is -3.22. The minimum Gasteiger partial charge on any atom is -0.493 e. The molecule has 2 aromatic heterocycles. The van der Waals surface area contributed by atoms with Crippen LogP contribution in [0.25, 0.3) is 10.9 Å². The van der Waals surface area contributed by atoms with Crippen molar-refractivity contribution in [3.8, 4) is 5.88 Å². The number of azo groups is 1. The second kappa shape index (κ2) is 12.1. The molecule has 4 heterocycles. The van der Waals surface area contributed by atoms with Crippen LogP contribution in [0.15, 0.2) is 74.3 Å². The lowest BCUT2D eigenvalue weighted by molar-refractivity contribution is -0.122. The number of piperidine rings is 1. The Balaban J connectivity index is 1.35. The first-order valence-electron chi connectivity index (χ1n) is 12.2. The highest BCUT2D eigenvalue weighted by molar-refractivity contribution is 9.10. The number of thioether (sulfide) groups is 1. The maximum Gasteiger partial charge on any atom is 0.304 e. The van der Waals surface area contributed by atoms with E-state index in [1.54, 1.807) is 19.4 Å². The van der Waals surface area contributed by atoms with E-state index in [2.05, 4.69) is 47.3 Å². The zero-order valence-corrected chi connectivity index (χ0v) is 23.1. The molecule has 1 aromatic carbocycles. The van der Waals surface area contributed by atoms with Gasteiger partial charge in [0.05, 0.1) is 18.4 Å². The first kappa shape index (κ1) is 26.4. The van der Waals surface area contributed by atoms with E-state index in [-0.39, 0.29) is 29.7 Å². The molecular weight excluding hydrogens is 572 g/mol. The number of aromatic hydroxyl groups is 1. The number of rotatable bonds is 8. The molecule has 0 unspecified atom stereocenters. The normalized spacial score (nSPS) is 20.3. The fourth-order valence-corrected chi connectivity index (χ4v) is 5.63. The largest absolute Gasteiger partial charge is 0.493 e. The maximum atomic E-state index is 12.3. The van der Waals surface area contributed by atoms with Gasteiger partial charge in [0, 0.05) is 40.2 Å². The lowest BCUT2D eigenvalue weighted by atomic mass is 9.97. The third-order valence-electron chi connectivity index (χ3n) is 6.44. The first-order chi connectivity index (χ1) is 18.5. The molecule has 5 rings (SSSR count). The SMILES string of the molecule is C/C(=N/OCC(=O)N=Nc1c(O)n(CN2CCCC[C@@H]2c2cccnc2)c2ccc(Br)cc12)[C@H]1OC=CS1. The number of ether oxygens (including phenoxy) is 1. The van der Waals surface area contributed by atoms with Gasteiger partial charge in [-0.15, -0.1) is 10.2 Å². The van der Waals surface area contributed by atoms with E-state index in [0.717, 1.165) is 41.4 Å². The van der Waals surface area contributed by atoms with Gasteiger partial charge in [0.25, 0.3) is 0 Å². The standard InChI is InChI=1S/C26H27BrN6O4S/c1-17(26-36-11-12-38-26)31-37-15-23(34)29-30-24-20-13-19(27)7-8-22(20)33(25(24)35)16-32-10-3-2-6-21(32)18-5-4-9-28-14-18/h4-5,7-9,11-14,21,26,35H,2-3,6,10,15-16H2,1H3/b30-29?,31-17-/t21-,26+/m1/s1. The Morgan fingerprint density at radius 3 is 3.03 bits per heavy atom. The Morgan fingerprint density at radius 1 is 1.34 bits per heavy atom. The zero-order chi connectivity index (χ0) is 26.5. The second-order valence-corrected chi connectivity index (χ2v) is 10.9. The van der Waals surface area contributed by atoms with Gasteiger partial charge in [-0.3, -0.25) is 19.2 Å². The first-order valence-corrected chi connectivity index (χ1v) is 14.0. The van der Waals surface area contributed by atoms with E-state index < -0.39 is 5.91 Å². The molecule has 2 atom stereocenters. The van der Waals surface area contributed by atoms with Crippen LogP contribution in [0.1, 0.15) is 37.8 Å². The molecule has 38 heavy (non-hydrogen) atoms. The number of carbonyl (C=O) groups excluding carboxylic acids is 1. The third kappa shape index (κ3) is 5.92. The van der Waals surface area contributed by atoms with Crippen molar-refractivity contribution >= 4 is 55.9 Å². The van der Waals surface area contributed by atoms with Gasteiger partial charge in [-0.1, -0.05) is 45.3 Å². The minimum atomic E-state index is -0.623. The van der Waals surface area contributed by atoms with Gasteiger partial charge in [-0.2, -0.15) is 0 Å². The highest BCUT2D eigenvalue weighted by Gasteiger charge is 2.27.